The van der Waals surface area contributed by atoms with Crippen molar-refractivity contribution in [1.82, 2.24) is 0 Å². The van der Waals surface area contributed by atoms with Crippen molar-refractivity contribution in [2.24, 2.45) is 5.73 Å². The molecule has 0 amide bonds. The summed E-state index contributed by atoms with van der Waals surface area (Å²) in [5, 5.41) is 8.84. The van der Waals surface area contributed by atoms with Gasteiger partial charge in [-0.15, -0.1) is 0 Å². The highest BCUT2D eigenvalue weighted by molar-refractivity contribution is 5.89. The van der Waals surface area contributed by atoms with Crippen molar-refractivity contribution < 1.29 is 9.90 Å². The van der Waals surface area contributed by atoms with Crippen LogP contribution in [0.3, 0.4) is 0 Å². The molecule has 0 atom stereocenters. The Kier molecular flexibility index (Phi) is 4.06. The summed E-state index contributed by atoms with van der Waals surface area (Å²) in [7, 11) is 0. The van der Waals surface area contributed by atoms with E-state index in [2.05, 4.69) is 0 Å². The van der Waals surface area contributed by atoms with E-state index in [9.17, 15) is 4.79 Å². The van der Waals surface area contributed by atoms with Gasteiger partial charge in [0.15, 0.2) is 0 Å². The molecule has 1 aromatic rings. The van der Waals surface area contributed by atoms with Crippen LogP contribution in [0.1, 0.15) is 27.9 Å². The van der Waals surface area contributed by atoms with Crippen LogP contribution in [-0.4, -0.2) is 17.6 Å². The predicted octanol–water partition coefficient (Wildman–Crippen LogP) is 2.06. The molecule has 0 unspecified atom stereocenters. The molecule has 1 rings (SSSR count). The van der Waals surface area contributed by atoms with Gasteiger partial charge in [-0.25, -0.2) is 4.79 Å². The molecule has 0 aliphatic heterocycles. The van der Waals surface area contributed by atoms with Crippen LogP contribution in [0.15, 0.2) is 24.3 Å². The monoisotopic (exact) mass is 205 g/mol. The maximum atomic E-state index is 10.8. The van der Waals surface area contributed by atoms with Crippen LogP contribution in [0.2, 0.25) is 0 Å². The Balaban J connectivity index is 2.87. The smallest absolute Gasteiger partial charge is 0.335 e. The first-order valence-corrected chi connectivity index (χ1v) is 4.85. The van der Waals surface area contributed by atoms with E-state index >= 15 is 0 Å². The van der Waals surface area contributed by atoms with E-state index in [-0.39, 0.29) is 0 Å². The molecule has 0 aliphatic rings. The summed E-state index contributed by atoms with van der Waals surface area (Å²) in [6.45, 7) is 2.42. The van der Waals surface area contributed by atoms with Gasteiger partial charge in [-0.2, -0.15) is 0 Å². The van der Waals surface area contributed by atoms with E-state index in [0.29, 0.717) is 12.1 Å². The molecule has 80 valence electrons. The lowest BCUT2D eigenvalue weighted by atomic mass is 10.0. The third kappa shape index (κ3) is 3.22. The third-order valence-corrected chi connectivity index (χ3v) is 2.12. The van der Waals surface area contributed by atoms with Crippen molar-refractivity contribution >= 4 is 12.0 Å². The second-order valence-electron chi connectivity index (χ2n) is 3.36. The largest absolute Gasteiger partial charge is 0.478 e. The van der Waals surface area contributed by atoms with E-state index < -0.39 is 5.97 Å². The molecule has 0 aromatic heterocycles. The molecule has 0 bridgehead atoms. The fourth-order valence-electron chi connectivity index (χ4n) is 1.35. The number of benzene rings is 1. The zero-order chi connectivity index (χ0) is 11.3. The van der Waals surface area contributed by atoms with Gasteiger partial charge in [0.05, 0.1) is 5.56 Å². The zero-order valence-corrected chi connectivity index (χ0v) is 8.73. The lowest BCUT2D eigenvalue weighted by Crippen LogP contribution is -1.99. The molecule has 0 saturated carbocycles. The summed E-state index contributed by atoms with van der Waals surface area (Å²) in [4.78, 5) is 10.8. The van der Waals surface area contributed by atoms with Gasteiger partial charge >= 0.3 is 5.97 Å². The Morgan fingerprint density at radius 3 is 2.80 bits per heavy atom. The summed E-state index contributed by atoms with van der Waals surface area (Å²) in [6.07, 6.45) is 4.76. The number of nitrogens with two attached hydrogens (primary N) is 1. The Labute approximate surface area is 89.2 Å². The molecule has 0 aliphatic carbocycles. The average molecular weight is 205 g/mol. The maximum absolute atomic E-state index is 10.8. The highest BCUT2D eigenvalue weighted by Crippen LogP contribution is 2.12. The molecular weight excluding hydrogens is 190 g/mol. The number of aryl methyl sites for hydroxylation is 1. The van der Waals surface area contributed by atoms with Crippen LogP contribution in [-0.2, 0) is 0 Å². The number of rotatable bonds is 4. The van der Waals surface area contributed by atoms with Crippen molar-refractivity contribution in [2.45, 2.75) is 13.3 Å². The van der Waals surface area contributed by atoms with Gasteiger partial charge in [-0.05, 0) is 37.1 Å². The van der Waals surface area contributed by atoms with Gasteiger partial charge in [0.1, 0.15) is 0 Å². The summed E-state index contributed by atoms with van der Waals surface area (Å²) in [6, 6.07) is 5.28. The minimum absolute atomic E-state index is 0.353. The Morgan fingerprint density at radius 1 is 1.53 bits per heavy atom. The summed E-state index contributed by atoms with van der Waals surface area (Å²) in [5.41, 5.74) is 7.49. The first-order chi connectivity index (χ1) is 7.15. The minimum Gasteiger partial charge on any atom is -0.478 e. The van der Waals surface area contributed by atoms with Crippen molar-refractivity contribution in [2.75, 3.05) is 6.54 Å². The predicted molar refractivity (Wildman–Crippen MR) is 60.8 cm³/mol. The summed E-state index contributed by atoms with van der Waals surface area (Å²) < 4.78 is 0. The zero-order valence-electron chi connectivity index (χ0n) is 8.73. The minimum atomic E-state index is -0.884. The van der Waals surface area contributed by atoms with Crippen LogP contribution in [0.5, 0.6) is 0 Å². The van der Waals surface area contributed by atoms with Crippen LogP contribution >= 0.6 is 0 Å². The van der Waals surface area contributed by atoms with Crippen molar-refractivity contribution in [3.63, 3.8) is 0 Å². The summed E-state index contributed by atoms with van der Waals surface area (Å²) in [5.74, 6) is -0.884. The molecule has 0 saturated heterocycles. The Morgan fingerprint density at radius 2 is 2.27 bits per heavy atom. The molecule has 0 heterocycles. The van der Waals surface area contributed by atoms with Crippen LogP contribution in [0.4, 0.5) is 0 Å². The molecule has 1 aromatic carbocycles. The fraction of sp³-hybridized carbons (Fsp3) is 0.250. The van der Waals surface area contributed by atoms with Gasteiger partial charge < -0.3 is 10.8 Å². The summed E-state index contributed by atoms with van der Waals surface area (Å²) >= 11 is 0. The molecular formula is C12H15NO2. The molecule has 3 N–H and O–H groups in total. The molecule has 15 heavy (non-hydrogen) atoms. The fourth-order valence-corrected chi connectivity index (χ4v) is 1.35. The number of carboxylic acids is 1. The molecule has 3 heteroatoms. The molecule has 3 nitrogen and oxygen atoms in total. The van der Waals surface area contributed by atoms with Crippen molar-refractivity contribution in [3.05, 3.63) is 41.0 Å². The van der Waals surface area contributed by atoms with Gasteiger partial charge in [0.2, 0.25) is 0 Å². The highest BCUT2D eigenvalue weighted by Gasteiger charge is 2.05. The molecule has 0 spiro atoms. The second-order valence-corrected chi connectivity index (χ2v) is 3.36. The van der Waals surface area contributed by atoms with Gasteiger partial charge in [-0.1, -0.05) is 24.3 Å². The lowest BCUT2D eigenvalue weighted by molar-refractivity contribution is 0.0696. The Hall–Kier alpha value is -1.61. The van der Waals surface area contributed by atoms with Crippen LogP contribution in [0.25, 0.3) is 6.08 Å². The van der Waals surface area contributed by atoms with Crippen molar-refractivity contribution in [3.8, 4) is 0 Å². The van der Waals surface area contributed by atoms with Gasteiger partial charge in [-0.3, -0.25) is 0 Å². The third-order valence-electron chi connectivity index (χ3n) is 2.12. The number of hydrogen-bond donors (Lipinski definition) is 2. The Bertz CT molecular complexity index is 383. The van der Waals surface area contributed by atoms with Crippen LogP contribution in [0, 0.1) is 6.92 Å². The first kappa shape index (κ1) is 11.5. The van der Waals surface area contributed by atoms with Gasteiger partial charge in [0.25, 0.3) is 0 Å². The number of aromatic carboxylic acids is 1. The van der Waals surface area contributed by atoms with Gasteiger partial charge in [0, 0.05) is 0 Å². The first-order valence-electron chi connectivity index (χ1n) is 4.85. The second kappa shape index (κ2) is 5.32. The quantitative estimate of drug-likeness (QED) is 0.790. The maximum Gasteiger partial charge on any atom is 0.335 e. The molecule has 0 radical (unpaired) electrons. The van der Waals surface area contributed by atoms with E-state index in [1.54, 1.807) is 19.1 Å². The van der Waals surface area contributed by atoms with Crippen LogP contribution < -0.4 is 5.73 Å². The SMILES string of the molecule is Cc1cc(C=CCCN)ccc1C(=O)O. The highest BCUT2D eigenvalue weighted by atomic mass is 16.4. The molecule has 0 fully saturated rings. The number of carbonyl (C=O) groups is 1. The number of carboxylic acid groups (broad SMARTS) is 1. The topological polar surface area (TPSA) is 63.3 Å². The van der Waals surface area contributed by atoms with E-state index in [1.165, 1.54) is 0 Å². The average Bonchev–Trinajstić information content (AvgIpc) is 2.17. The normalized spacial score (nSPS) is 10.8. The lowest BCUT2D eigenvalue weighted by Gasteiger charge is -2.01. The van der Waals surface area contributed by atoms with E-state index in [4.69, 9.17) is 10.8 Å². The standard InChI is InChI=1S/C12H15NO2/c1-9-8-10(4-2-3-7-13)5-6-11(9)12(14)15/h2,4-6,8H,3,7,13H2,1H3,(H,14,15). The van der Waals surface area contributed by atoms with E-state index in [0.717, 1.165) is 17.5 Å². The van der Waals surface area contributed by atoms with E-state index in [1.807, 2.05) is 18.2 Å². The number of hydrogen-bond acceptors (Lipinski definition) is 2. The van der Waals surface area contributed by atoms with Crippen molar-refractivity contribution in [1.29, 1.82) is 0 Å².